The minimum Gasteiger partial charge on any atom is -0.481 e. The fourth-order valence-electron chi connectivity index (χ4n) is 3.12. The fraction of sp³-hybridized carbons (Fsp3) is 0.533. The molecule has 2 heterocycles. The van der Waals surface area contributed by atoms with Crippen molar-refractivity contribution < 1.29 is 9.53 Å². The van der Waals surface area contributed by atoms with Gasteiger partial charge in [-0.3, -0.25) is 4.79 Å². The first-order chi connectivity index (χ1) is 9.59. The van der Waals surface area contributed by atoms with Crippen molar-refractivity contribution in [2.75, 3.05) is 43.0 Å². The first kappa shape index (κ1) is 13.2. The van der Waals surface area contributed by atoms with E-state index in [-0.39, 0.29) is 12.5 Å². The van der Waals surface area contributed by atoms with Crippen LogP contribution in [0.3, 0.4) is 0 Å². The number of anilines is 2. The average Bonchev–Trinajstić information content (AvgIpc) is 2.46. The molecule has 1 amide bonds. The van der Waals surface area contributed by atoms with E-state index < -0.39 is 0 Å². The van der Waals surface area contributed by atoms with Crippen molar-refractivity contribution in [3.8, 4) is 5.75 Å². The Kier molecular flexibility index (Phi) is 3.30. The molecule has 5 heteroatoms. The third-order valence-corrected chi connectivity index (χ3v) is 4.26. The van der Waals surface area contributed by atoms with Crippen LogP contribution in [0.4, 0.5) is 11.4 Å². The fourth-order valence-corrected chi connectivity index (χ4v) is 3.12. The quantitative estimate of drug-likeness (QED) is 0.812. The lowest BCUT2D eigenvalue weighted by atomic mass is 9.97. The van der Waals surface area contributed by atoms with Crippen LogP contribution in [0.15, 0.2) is 0 Å². The number of hydrogen-bond acceptors (Lipinski definition) is 4. The van der Waals surface area contributed by atoms with Crippen molar-refractivity contribution in [1.82, 2.24) is 5.32 Å². The summed E-state index contributed by atoms with van der Waals surface area (Å²) in [7, 11) is 0. The zero-order chi connectivity index (χ0) is 14.3. The van der Waals surface area contributed by atoms with Gasteiger partial charge in [0, 0.05) is 37.4 Å². The van der Waals surface area contributed by atoms with Crippen LogP contribution in [-0.2, 0) is 4.79 Å². The maximum atomic E-state index is 11.5. The van der Waals surface area contributed by atoms with Crippen LogP contribution in [0.2, 0.25) is 0 Å². The monoisotopic (exact) mass is 275 g/mol. The Morgan fingerprint density at radius 3 is 2.45 bits per heavy atom. The number of rotatable bonds is 1. The smallest absolute Gasteiger partial charge is 0.262 e. The van der Waals surface area contributed by atoms with Gasteiger partial charge < -0.3 is 20.3 Å². The van der Waals surface area contributed by atoms with Crippen LogP contribution in [0, 0.1) is 20.8 Å². The van der Waals surface area contributed by atoms with Gasteiger partial charge in [-0.05, 0) is 31.9 Å². The normalized spacial score (nSPS) is 18.4. The van der Waals surface area contributed by atoms with Gasteiger partial charge in [0.05, 0.1) is 5.69 Å². The van der Waals surface area contributed by atoms with E-state index in [0.29, 0.717) is 0 Å². The second-order valence-corrected chi connectivity index (χ2v) is 5.50. The van der Waals surface area contributed by atoms with Crippen LogP contribution < -0.4 is 20.3 Å². The predicted octanol–water partition coefficient (Wildman–Crippen LogP) is 1.35. The van der Waals surface area contributed by atoms with Crippen LogP contribution in [0.1, 0.15) is 16.7 Å². The molecule has 3 rings (SSSR count). The van der Waals surface area contributed by atoms with Gasteiger partial charge in [0.15, 0.2) is 6.61 Å². The third-order valence-electron chi connectivity index (χ3n) is 4.26. The highest BCUT2D eigenvalue weighted by molar-refractivity contribution is 5.98. The summed E-state index contributed by atoms with van der Waals surface area (Å²) >= 11 is 0. The molecule has 20 heavy (non-hydrogen) atoms. The van der Waals surface area contributed by atoms with E-state index in [4.69, 9.17) is 4.74 Å². The Morgan fingerprint density at radius 2 is 1.75 bits per heavy atom. The molecular formula is C15H21N3O2. The summed E-state index contributed by atoms with van der Waals surface area (Å²) in [5, 5.41) is 6.32. The molecule has 1 aromatic rings. The van der Waals surface area contributed by atoms with Crippen LogP contribution in [-0.4, -0.2) is 38.7 Å². The maximum Gasteiger partial charge on any atom is 0.262 e. The number of ether oxygens (including phenoxy) is 1. The summed E-state index contributed by atoms with van der Waals surface area (Å²) in [5.74, 6) is 0.760. The number of benzene rings is 1. The zero-order valence-corrected chi connectivity index (χ0v) is 12.3. The third kappa shape index (κ3) is 2.02. The van der Waals surface area contributed by atoms with Crippen molar-refractivity contribution in [2.45, 2.75) is 20.8 Å². The zero-order valence-electron chi connectivity index (χ0n) is 12.3. The largest absolute Gasteiger partial charge is 0.481 e. The van der Waals surface area contributed by atoms with Crippen molar-refractivity contribution >= 4 is 17.3 Å². The number of piperazine rings is 1. The molecule has 0 bridgehead atoms. The number of carbonyl (C=O) groups is 1. The lowest BCUT2D eigenvalue weighted by Gasteiger charge is -2.35. The summed E-state index contributed by atoms with van der Waals surface area (Å²) < 4.78 is 5.68. The molecule has 2 aliphatic heterocycles. The number of carbonyl (C=O) groups excluding carboxylic acids is 1. The summed E-state index contributed by atoms with van der Waals surface area (Å²) in [5.41, 5.74) is 5.57. The van der Waals surface area contributed by atoms with Gasteiger partial charge >= 0.3 is 0 Å². The van der Waals surface area contributed by atoms with Gasteiger partial charge in [-0.15, -0.1) is 0 Å². The first-order valence-electron chi connectivity index (χ1n) is 7.11. The molecule has 0 spiro atoms. The molecule has 0 aromatic heterocycles. The summed E-state index contributed by atoms with van der Waals surface area (Å²) in [6.07, 6.45) is 0. The second-order valence-electron chi connectivity index (χ2n) is 5.50. The topological polar surface area (TPSA) is 53.6 Å². The molecule has 2 N–H and O–H groups in total. The lowest BCUT2D eigenvalue weighted by molar-refractivity contribution is -0.118. The summed E-state index contributed by atoms with van der Waals surface area (Å²) in [6.45, 7) is 10.4. The van der Waals surface area contributed by atoms with E-state index in [9.17, 15) is 4.79 Å². The standard InChI is InChI=1S/C15H21N3O2/c1-9-10(2)14(18-6-4-16-5-7-18)11(3)15-13(9)17-12(19)8-20-15/h16H,4-8H2,1-3H3,(H,17,19). The molecule has 0 atom stereocenters. The molecule has 5 nitrogen and oxygen atoms in total. The van der Waals surface area contributed by atoms with E-state index in [0.717, 1.165) is 48.7 Å². The second kappa shape index (κ2) is 4.98. The molecule has 108 valence electrons. The van der Waals surface area contributed by atoms with Gasteiger partial charge in [0.2, 0.25) is 0 Å². The number of amides is 1. The Bertz CT molecular complexity index is 563. The Morgan fingerprint density at radius 1 is 1.05 bits per heavy atom. The number of nitrogens with zero attached hydrogens (tertiary/aromatic N) is 1. The molecule has 0 unspecified atom stereocenters. The molecule has 1 fully saturated rings. The summed E-state index contributed by atoms with van der Waals surface area (Å²) in [4.78, 5) is 13.9. The number of hydrogen-bond donors (Lipinski definition) is 2. The highest BCUT2D eigenvalue weighted by Gasteiger charge is 2.26. The van der Waals surface area contributed by atoms with Crippen molar-refractivity contribution in [3.63, 3.8) is 0 Å². The molecule has 0 radical (unpaired) electrons. The molecule has 0 aliphatic carbocycles. The first-order valence-corrected chi connectivity index (χ1v) is 7.11. The van der Waals surface area contributed by atoms with Crippen molar-refractivity contribution in [1.29, 1.82) is 0 Å². The van der Waals surface area contributed by atoms with Crippen LogP contribution in [0.5, 0.6) is 5.75 Å². The van der Waals surface area contributed by atoms with E-state index >= 15 is 0 Å². The molecule has 2 aliphatic rings. The van der Waals surface area contributed by atoms with Crippen LogP contribution >= 0.6 is 0 Å². The minimum absolute atomic E-state index is 0.0747. The van der Waals surface area contributed by atoms with E-state index in [1.807, 2.05) is 6.92 Å². The average molecular weight is 275 g/mol. The molecule has 1 aromatic carbocycles. The lowest BCUT2D eigenvalue weighted by Crippen LogP contribution is -2.44. The van der Waals surface area contributed by atoms with E-state index in [1.54, 1.807) is 0 Å². The van der Waals surface area contributed by atoms with Gasteiger partial charge in [-0.1, -0.05) is 0 Å². The highest BCUT2D eigenvalue weighted by atomic mass is 16.5. The van der Waals surface area contributed by atoms with Gasteiger partial charge in [-0.2, -0.15) is 0 Å². The predicted molar refractivity (Wildman–Crippen MR) is 79.9 cm³/mol. The Labute approximate surface area is 119 Å². The van der Waals surface area contributed by atoms with Gasteiger partial charge in [0.25, 0.3) is 5.91 Å². The maximum absolute atomic E-state index is 11.5. The molecule has 0 saturated carbocycles. The minimum atomic E-state index is -0.0747. The van der Waals surface area contributed by atoms with E-state index in [2.05, 4.69) is 29.4 Å². The Hall–Kier alpha value is -1.75. The van der Waals surface area contributed by atoms with Gasteiger partial charge in [-0.25, -0.2) is 0 Å². The number of nitrogens with one attached hydrogen (secondary N) is 2. The molecule has 1 saturated heterocycles. The summed E-state index contributed by atoms with van der Waals surface area (Å²) in [6, 6.07) is 0. The SMILES string of the molecule is Cc1c(C)c(N2CCNCC2)c(C)c2c1NC(=O)CO2. The van der Waals surface area contributed by atoms with Crippen molar-refractivity contribution in [3.05, 3.63) is 16.7 Å². The number of fused-ring (bicyclic) bond motifs is 1. The highest BCUT2D eigenvalue weighted by Crippen LogP contribution is 2.43. The Balaban J connectivity index is 2.11. The van der Waals surface area contributed by atoms with Crippen LogP contribution in [0.25, 0.3) is 0 Å². The van der Waals surface area contributed by atoms with E-state index in [1.165, 1.54) is 11.3 Å². The van der Waals surface area contributed by atoms with Gasteiger partial charge in [0.1, 0.15) is 5.75 Å². The van der Waals surface area contributed by atoms with Crippen molar-refractivity contribution in [2.24, 2.45) is 0 Å². The molecular weight excluding hydrogens is 254 g/mol.